The fourth-order valence-corrected chi connectivity index (χ4v) is 3.88. The molecule has 1 fully saturated rings. The Labute approximate surface area is 179 Å². The summed E-state index contributed by atoms with van der Waals surface area (Å²) in [7, 11) is 1.47. The van der Waals surface area contributed by atoms with Gasteiger partial charge in [-0.05, 0) is 35.4 Å². The molecule has 0 spiro atoms. The summed E-state index contributed by atoms with van der Waals surface area (Å²) < 4.78 is 25.3. The van der Waals surface area contributed by atoms with Gasteiger partial charge in [0.25, 0.3) is 5.91 Å². The number of hydrogen-bond donors (Lipinski definition) is 3. The van der Waals surface area contributed by atoms with Crippen molar-refractivity contribution in [3.63, 3.8) is 0 Å². The van der Waals surface area contributed by atoms with Crippen LogP contribution in [0.4, 0.5) is 4.39 Å². The number of carbonyl (C=O) groups excluding carboxylic acids is 1. The first-order valence-electron chi connectivity index (χ1n) is 9.66. The Hall–Kier alpha value is -2.03. The summed E-state index contributed by atoms with van der Waals surface area (Å²) in [6, 6.07) is 12.9. The third-order valence-electron chi connectivity index (χ3n) is 5.24. The molecule has 0 bridgehead atoms. The number of benzene rings is 2. The highest BCUT2D eigenvalue weighted by Crippen LogP contribution is 2.35. The average molecular weight is 438 g/mol. The summed E-state index contributed by atoms with van der Waals surface area (Å²) in [5.41, 5.74) is -0.0881. The van der Waals surface area contributed by atoms with Crippen molar-refractivity contribution in [2.75, 3.05) is 7.05 Å². The smallest absolute Gasteiger partial charge is 0.252 e. The van der Waals surface area contributed by atoms with Crippen molar-refractivity contribution in [1.82, 2.24) is 5.32 Å². The highest BCUT2D eigenvalue weighted by Gasteiger charge is 2.51. The molecule has 3 N–H and O–H groups in total. The van der Waals surface area contributed by atoms with E-state index in [0.717, 1.165) is 5.56 Å². The summed E-state index contributed by atoms with van der Waals surface area (Å²) in [6.45, 7) is 0.109. The molecule has 0 heterocycles. The van der Waals surface area contributed by atoms with Gasteiger partial charge in [0.1, 0.15) is 11.9 Å². The van der Waals surface area contributed by atoms with Gasteiger partial charge in [-0.1, -0.05) is 35.9 Å². The van der Waals surface area contributed by atoms with E-state index in [1.54, 1.807) is 30.3 Å². The lowest BCUT2D eigenvalue weighted by molar-refractivity contribution is -0.199. The molecule has 6 nitrogen and oxygen atoms in total. The van der Waals surface area contributed by atoms with Crippen molar-refractivity contribution >= 4 is 17.5 Å². The number of halogens is 2. The number of nitrogens with one attached hydrogen (secondary N) is 1. The first kappa shape index (κ1) is 22.7. The molecule has 1 saturated carbocycles. The quantitative estimate of drug-likeness (QED) is 0.619. The Balaban J connectivity index is 1.76. The Morgan fingerprint density at radius 2 is 1.87 bits per heavy atom. The Morgan fingerprint density at radius 1 is 1.17 bits per heavy atom. The van der Waals surface area contributed by atoms with Crippen molar-refractivity contribution in [2.24, 2.45) is 0 Å². The van der Waals surface area contributed by atoms with Crippen molar-refractivity contribution < 1.29 is 28.9 Å². The van der Waals surface area contributed by atoms with Crippen LogP contribution in [0, 0.1) is 5.82 Å². The minimum Gasteiger partial charge on any atom is -0.390 e. The number of aliphatic hydroxyl groups excluding tert-OH is 2. The first-order chi connectivity index (χ1) is 14.3. The molecule has 30 heavy (non-hydrogen) atoms. The predicted molar refractivity (Wildman–Crippen MR) is 109 cm³/mol. The standard InChI is InChI=1S/C22H25ClFNO5/c1-25-21(28)22(30-13-15-5-3-7-17(24)9-15)10-18(26)20(27)19(11-22)29-12-14-4-2-6-16(23)8-14/h2-9,18-20,26-27H,10-13H2,1H3,(H,25,28)/t18-,19?,20-,22+/m1/s1. The fraction of sp³-hybridized carbons (Fsp3) is 0.409. The van der Waals surface area contributed by atoms with Crippen LogP contribution in [-0.2, 0) is 27.5 Å². The van der Waals surface area contributed by atoms with Crippen molar-refractivity contribution in [1.29, 1.82) is 0 Å². The zero-order valence-electron chi connectivity index (χ0n) is 16.6. The van der Waals surface area contributed by atoms with Crippen LogP contribution in [0.1, 0.15) is 24.0 Å². The first-order valence-corrected chi connectivity index (χ1v) is 10.0. The number of carbonyl (C=O) groups is 1. The monoisotopic (exact) mass is 437 g/mol. The summed E-state index contributed by atoms with van der Waals surface area (Å²) in [6.07, 6.45) is -3.34. The number of hydrogen-bond acceptors (Lipinski definition) is 5. The van der Waals surface area contributed by atoms with E-state index < -0.39 is 35.6 Å². The van der Waals surface area contributed by atoms with Crippen LogP contribution >= 0.6 is 11.6 Å². The molecule has 162 valence electrons. The average Bonchev–Trinajstić information content (AvgIpc) is 2.73. The van der Waals surface area contributed by atoms with E-state index in [1.165, 1.54) is 19.2 Å². The number of amides is 1. The van der Waals surface area contributed by atoms with Crippen LogP contribution in [0.3, 0.4) is 0 Å². The van der Waals surface area contributed by atoms with Gasteiger partial charge >= 0.3 is 0 Å². The summed E-state index contributed by atoms with van der Waals surface area (Å²) >= 11 is 5.99. The van der Waals surface area contributed by atoms with Crippen LogP contribution in [0.15, 0.2) is 48.5 Å². The summed E-state index contributed by atoms with van der Waals surface area (Å²) in [5, 5.41) is 24.0. The van der Waals surface area contributed by atoms with Gasteiger partial charge in [0.15, 0.2) is 5.60 Å². The molecule has 2 aromatic carbocycles. The Morgan fingerprint density at radius 3 is 2.53 bits per heavy atom. The molecular formula is C22H25ClFNO5. The second-order valence-electron chi connectivity index (χ2n) is 7.44. The molecule has 3 rings (SSSR count). The highest BCUT2D eigenvalue weighted by atomic mass is 35.5. The molecule has 0 saturated heterocycles. The molecule has 4 atom stereocenters. The third kappa shape index (κ3) is 5.36. The summed E-state index contributed by atoms with van der Waals surface area (Å²) in [5.74, 6) is -0.854. The van der Waals surface area contributed by atoms with Crippen LogP contribution in [-0.4, -0.2) is 47.1 Å². The number of likely N-dealkylation sites (N-methyl/N-ethyl adjacent to an activating group) is 1. The molecule has 8 heteroatoms. The molecule has 1 aliphatic rings. The molecule has 0 aromatic heterocycles. The largest absolute Gasteiger partial charge is 0.390 e. The highest BCUT2D eigenvalue weighted by molar-refractivity contribution is 6.30. The third-order valence-corrected chi connectivity index (χ3v) is 5.48. The van der Waals surface area contributed by atoms with Gasteiger partial charge in [-0.2, -0.15) is 0 Å². The predicted octanol–water partition coefficient (Wildman–Crippen LogP) is 2.58. The zero-order valence-corrected chi connectivity index (χ0v) is 17.3. The van der Waals surface area contributed by atoms with E-state index in [1.807, 2.05) is 6.07 Å². The van der Waals surface area contributed by atoms with E-state index in [9.17, 15) is 19.4 Å². The van der Waals surface area contributed by atoms with Crippen LogP contribution in [0.2, 0.25) is 5.02 Å². The Bertz CT molecular complexity index is 882. The molecule has 1 aliphatic carbocycles. The second-order valence-corrected chi connectivity index (χ2v) is 7.87. The minimum absolute atomic E-state index is 0.0286. The van der Waals surface area contributed by atoms with Gasteiger partial charge in [0.2, 0.25) is 0 Å². The molecule has 2 aromatic rings. The van der Waals surface area contributed by atoms with Crippen LogP contribution in [0.5, 0.6) is 0 Å². The van der Waals surface area contributed by atoms with Crippen molar-refractivity contribution in [3.05, 3.63) is 70.5 Å². The van der Waals surface area contributed by atoms with E-state index in [4.69, 9.17) is 21.1 Å². The fourth-order valence-electron chi connectivity index (χ4n) is 3.67. The minimum atomic E-state index is -1.43. The summed E-state index contributed by atoms with van der Waals surface area (Å²) in [4.78, 5) is 12.7. The van der Waals surface area contributed by atoms with E-state index in [-0.39, 0.29) is 26.1 Å². The molecular weight excluding hydrogens is 413 g/mol. The number of ether oxygens (including phenoxy) is 2. The molecule has 0 aliphatic heterocycles. The van der Waals surface area contributed by atoms with E-state index in [0.29, 0.717) is 10.6 Å². The van der Waals surface area contributed by atoms with Crippen LogP contribution < -0.4 is 5.32 Å². The van der Waals surface area contributed by atoms with Gasteiger partial charge in [0, 0.05) is 24.9 Å². The van der Waals surface area contributed by atoms with E-state index >= 15 is 0 Å². The zero-order chi connectivity index (χ0) is 21.7. The maximum absolute atomic E-state index is 13.5. The SMILES string of the molecule is CNC(=O)[C@@]1(OCc2cccc(F)c2)CC(OCc2cccc(Cl)c2)[C@H](O)[C@H](O)C1. The van der Waals surface area contributed by atoms with Crippen molar-refractivity contribution in [2.45, 2.75) is 50.0 Å². The number of aliphatic hydroxyl groups is 2. The lowest BCUT2D eigenvalue weighted by Gasteiger charge is -2.43. The maximum atomic E-state index is 13.5. The van der Waals surface area contributed by atoms with Crippen molar-refractivity contribution in [3.8, 4) is 0 Å². The lowest BCUT2D eigenvalue weighted by atomic mass is 9.78. The molecule has 1 unspecified atom stereocenters. The van der Waals surface area contributed by atoms with Gasteiger partial charge in [0.05, 0.1) is 25.4 Å². The lowest BCUT2D eigenvalue weighted by Crippen LogP contribution is -2.60. The van der Waals surface area contributed by atoms with Gasteiger partial charge in [-0.25, -0.2) is 4.39 Å². The van der Waals surface area contributed by atoms with E-state index in [2.05, 4.69) is 5.32 Å². The molecule has 0 radical (unpaired) electrons. The maximum Gasteiger partial charge on any atom is 0.252 e. The second kappa shape index (κ2) is 9.85. The van der Waals surface area contributed by atoms with Gasteiger partial charge < -0.3 is 25.0 Å². The topological polar surface area (TPSA) is 88.0 Å². The Kier molecular flexibility index (Phi) is 7.44. The van der Waals surface area contributed by atoms with Crippen LogP contribution in [0.25, 0.3) is 0 Å². The molecule has 1 amide bonds. The van der Waals surface area contributed by atoms with Gasteiger partial charge in [-0.15, -0.1) is 0 Å². The van der Waals surface area contributed by atoms with Gasteiger partial charge in [-0.3, -0.25) is 4.79 Å². The normalized spacial score (nSPS) is 26.4. The number of rotatable bonds is 7.